The van der Waals surface area contributed by atoms with Gasteiger partial charge >= 0.3 is 14.2 Å². The average Bonchev–Trinajstić information content (AvgIpc) is 2.96. The van der Waals surface area contributed by atoms with Crippen LogP contribution in [0, 0.1) is 6.92 Å². The maximum atomic E-state index is 9.23. The molecule has 4 aromatic carbocycles. The molecule has 16 heteroatoms. The van der Waals surface area contributed by atoms with Crippen LogP contribution in [0.25, 0.3) is 0 Å². The van der Waals surface area contributed by atoms with Gasteiger partial charge in [0.25, 0.3) is 10.3 Å². The molecule has 0 bridgehead atoms. The second-order valence-electron chi connectivity index (χ2n) is 8.93. The highest BCUT2D eigenvalue weighted by Crippen LogP contribution is 2.23. The quantitative estimate of drug-likeness (QED) is 0.117. The maximum Gasteiger partial charge on any atom is 0.490 e. The SMILES string of the molecule is Cc1cc(Cl)ccc1OC(=S)Nc1ccc(Cl)c(B(O)O)c1.OB(O)c1cccc(CNC(=S)Oc2ccc(Cl)cc2)c1Cl. The minimum absolute atomic E-state index is 0.117. The Balaban J connectivity index is 0.000000240. The lowest BCUT2D eigenvalue weighted by atomic mass is 9.79. The first kappa shape index (κ1) is 35.9. The fraction of sp³-hybridized carbons (Fsp3) is 0.0714. The Hall–Kier alpha value is -2.61. The van der Waals surface area contributed by atoms with Crippen molar-refractivity contribution in [2.75, 3.05) is 5.32 Å². The second-order valence-corrected chi connectivity index (χ2v) is 11.3. The van der Waals surface area contributed by atoms with E-state index in [-0.39, 0.29) is 31.3 Å². The molecule has 0 unspecified atom stereocenters. The van der Waals surface area contributed by atoms with Gasteiger partial charge in [-0.05, 0) is 103 Å². The summed E-state index contributed by atoms with van der Waals surface area (Å²) in [5.74, 6) is 1.14. The maximum absolute atomic E-state index is 9.23. The third kappa shape index (κ3) is 11.1. The van der Waals surface area contributed by atoms with Crippen LogP contribution in [0.1, 0.15) is 11.1 Å². The zero-order chi connectivity index (χ0) is 32.4. The molecular formula is C28H24B2Cl4N2O6S2. The fourth-order valence-electron chi connectivity index (χ4n) is 3.54. The molecule has 228 valence electrons. The van der Waals surface area contributed by atoms with E-state index in [1.165, 1.54) is 12.1 Å². The smallest absolute Gasteiger partial charge is 0.432 e. The molecule has 0 aliphatic carbocycles. The normalized spacial score (nSPS) is 10.2. The molecule has 0 aliphatic rings. The first-order valence-corrected chi connectivity index (χ1v) is 14.9. The Morgan fingerprint density at radius 2 is 1.41 bits per heavy atom. The molecule has 0 aromatic heterocycles. The number of halogens is 4. The van der Waals surface area contributed by atoms with Crippen LogP contribution in [0.4, 0.5) is 5.69 Å². The molecule has 0 saturated heterocycles. The van der Waals surface area contributed by atoms with E-state index in [2.05, 4.69) is 10.6 Å². The van der Waals surface area contributed by atoms with Gasteiger partial charge in [0.1, 0.15) is 11.5 Å². The lowest BCUT2D eigenvalue weighted by Crippen LogP contribution is -2.32. The molecule has 0 fully saturated rings. The van der Waals surface area contributed by atoms with Gasteiger partial charge < -0.3 is 40.2 Å². The Morgan fingerprint density at radius 3 is 2.05 bits per heavy atom. The summed E-state index contributed by atoms with van der Waals surface area (Å²) in [6.45, 7) is 2.15. The molecule has 4 rings (SSSR count). The van der Waals surface area contributed by atoms with Crippen molar-refractivity contribution >= 4 is 112 Å². The molecule has 0 amide bonds. The van der Waals surface area contributed by atoms with Crippen LogP contribution in [-0.2, 0) is 6.54 Å². The highest BCUT2D eigenvalue weighted by atomic mass is 35.5. The van der Waals surface area contributed by atoms with Gasteiger partial charge in [0, 0.05) is 43.2 Å². The van der Waals surface area contributed by atoms with Crippen molar-refractivity contribution in [2.45, 2.75) is 13.5 Å². The average molecular weight is 712 g/mol. The van der Waals surface area contributed by atoms with Crippen LogP contribution in [0.5, 0.6) is 11.5 Å². The summed E-state index contributed by atoms with van der Waals surface area (Å²) >= 11 is 33.9. The van der Waals surface area contributed by atoms with Crippen molar-refractivity contribution < 1.29 is 29.6 Å². The highest BCUT2D eigenvalue weighted by Gasteiger charge is 2.18. The van der Waals surface area contributed by atoms with Crippen molar-refractivity contribution in [3.8, 4) is 11.5 Å². The number of aryl methyl sites for hydroxylation is 1. The van der Waals surface area contributed by atoms with Gasteiger partial charge in [-0.15, -0.1) is 0 Å². The number of anilines is 1. The minimum Gasteiger partial charge on any atom is -0.432 e. The Bertz CT molecular complexity index is 1620. The Morgan fingerprint density at radius 1 is 0.750 bits per heavy atom. The van der Waals surface area contributed by atoms with Crippen LogP contribution in [0.2, 0.25) is 20.1 Å². The van der Waals surface area contributed by atoms with Gasteiger partial charge in [0.15, 0.2) is 0 Å². The zero-order valence-electron chi connectivity index (χ0n) is 22.8. The van der Waals surface area contributed by atoms with E-state index in [9.17, 15) is 20.1 Å². The van der Waals surface area contributed by atoms with E-state index in [0.29, 0.717) is 39.3 Å². The predicted molar refractivity (Wildman–Crippen MR) is 187 cm³/mol. The summed E-state index contributed by atoms with van der Waals surface area (Å²) in [6, 6.07) is 21.6. The Labute approximate surface area is 285 Å². The van der Waals surface area contributed by atoms with Crippen molar-refractivity contribution in [1.29, 1.82) is 0 Å². The summed E-state index contributed by atoms with van der Waals surface area (Å²) < 4.78 is 11.0. The van der Waals surface area contributed by atoms with Crippen molar-refractivity contribution in [3.63, 3.8) is 0 Å². The molecule has 6 N–H and O–H groups in total. The second kappa shape index (κ2) is 17.2. The number of nitrogens with one attached hydrogen (secondary N) is 2. The molecule has 0 spiro atoms. The van der Waals surface area contributed by atoms with Crippen LogP contribution in [0.15, 0.2) is 78.9 Å². The summed E-state index contributed by atoms with van der Waals surface area (Å²) in [7, 11) is -3.29. The fourth-order valence-corrected chi connectivity index (χ4v) is 4.77. The lowest BCUT2D eigenvalue weighted by Gasteiger charge is -2.13. The zero-order valence-corrected chi connectivity index (χ0v) is 27.5. The predicted octanol–water partition coefficient (Wildman–Crippen LogP) is 4.88. The molecule has 0 radical (unpaired) electrons. The Kier molecular flexibility index (Phi) is 14.0. The van der Waals surface area contributed by atoms with Crippen molar-refractivity contribution in [3.05, 3.63) is 110 Å². The van der Waals surface area contributed by atoms with Crippen LogP contribution >= 0.6 is 70.8 Å². The topological polar surface area (TPSA) is 123 Å². The number of rotatable bonds is 7. The minimum atomic E-state index is -1.66. The molecule has 4 aromatic rings. The number of benzene rings is 4. The molecule has 8 nitrogen and oxygen atoms in total. The van der Waals surface area contributed by atoms with E-state index in [1.54, 1.807) is 66.7 Å². The van der Waals surface area contributed by atoms with Gasteiger partial charge in [-0.25, -0.2) is 0 Å². The van der Waals surface area contributed by atoms with Gasteiger partial charge in [-0.1, -0.05) is 64.6 Å². The number of ether oxygens (including phenoxy) is 2. The van der Waals surface area contributed by atoms with Crippen LogP contribution in [-0.4, -0.2) is 44.7 Å². The summed E-state index contributed by atoms with van der Waals surface area (Å²) in [4.78, 5) is 0. The third-order valence-electron chi connectivity index (χ3n) is 5.69. The van der Waals surface area contributed by atoms with E-state index in [1.807, 2.05) is 6.92 Å². The molecule has 0 saturated carbocycles. The van der Waals surface area contributed by atoms with Crippen molar-refractivity contribution in [1.82, 2.24) is 5.32 Å². The number of hydrogen-bond donors (Lipinski definition) is 6. The monoisotopic (exact) mass is 710 g/mol. The van der Waals surface area contributed by atoms with E-state index < -0.39 is 14.2 Å². The van der Waals surface area contributed by atoms with Crippen LogP contribution in [0.3, 0.4) is 0 Å². The van der Waals surface area contributed by atoms with Gasteiger partial charge in [-0.2, -0.15) is 0 Å². The van der Waals surface area contributed by atoms with Crippen LogP contribution < -0.4 is 31.0 Å². The van der Waals surface area contributed by atoms with E-state index >= 15 is 0 Å². The molecule has 0 heterocycles. The van der Waals surface area contributed by atoms with E-state index in [4.69, 9.17) is 80.3 Å². The summed E-state index contributed by atoms with van der Waals surface area (Å²) in [5, 5.41) is 44.7. The number of thiocarbonyl (C=S) groups is 2. The molecular weight excluding hydrogens is 688 g/mol. The van der Waals surface area contributed by atoms with Crippen molar-refractivity contribution in [2.24, 2.45) is 0 Å². The molecule has 0 aliphatic heterocycles. The van der Waals surface area contributed by atoms with Gasteiger partial charge in [-0.3, -0.25) is 0 Å². The molecule has 0 atom stereocenters. The first-order chi connectivity index (χ1) is 20.8. The first-order valence-electron chi connectivity index (χ1n) is 12.6. The third-order valence-corrected chi connectivity index (χ3v) is 7.40. The van der Waals surface area contributed by atoms with E-state index in [0.717, 1.165) is 5.56 Å². The van der Waals surface area contributed by atoms with Gasteiger partial charge in [0.2, 0.25) is 0 Å². The lowest BCUT2D eigenvalue weighted by molar-refractivity contribution is 0.424. The number of hydrogen-bond acceptors (Lipinski definition) is 8. The highest BCUT2D eigenvalue weighted by molar-refractivity contribution is 7.80. The standard InChI is InChI=1S/2C14H12BCl2NO3S/c1-8-6-9(16)2-5-13(8)21-14(22)18-10-3-4-12(17)11(7-10)15(19)20;16-10-4-6-11(7-5-10)21-14(22)18-8-9-2-1-3-12(13(9)17)15(19)20/h2-7,19-20H,1H3,(H,18,22);1-7,19-20H,8H2,(H,18,22). The van der Waals surface area contributed by atoms with Gasteiger partial charge in [0.05, 0.1) is 0 Å². The molecule has 44 heavy (non-hydrogen) atoms. The largest absolute Gasteiger partial charge is 0.490 e. The summed E-state index contributed by atoms with van der Waals surface area (Å²) in [5.41, 5.74) is 2.47. The summed E-state index contributed by atoms with van der Waals surface area (Å²) in [6.07, 6.45) is 0.